The zero-order valence-electron chi connectivity index (χ0n) is 18.7. The second-order valence-corrected chi connectivity index (χ2v) is 8.44. The summed E-state index contributed by atoms with van der Waals surface area (Å²) in [5.74, 6) is -0.999. The maximum Gasteiger partial charge on any atom is 0.338 e. The summed E-state index contributed by atoms with van der Waals surface area (Å²) in [4.78, 5) is 26.2. The first-order valence-corrected chi connectivity index (χ1v) is 11.7. The molecular formula is C28H22Cl2O4. The number of halogens is 2. The Kier molecular flexibility index (Phi) is 7.20. The number of carbonyl (C=O) groups excluding carboxylic acids is 2. The van der Waals surface area contributed by atoms with E-state index in [2.05, 4.69) is 0 Å². The van der Waals surface area contributed by atoms with E-state index in [4.69, 9.17) is 32.7 Å². The molecular weight excluding hydrogens is 471 g/mol. The van der Waals surface area contributed by atoms with Crippen molar-refractivity contribution < 1.29 is 19.1 Å². The Bertz CT molecular complexity index is 1370. The van der Waals surface area contributed by atoms with E-state index in [9.17, 15) is 9.59 Å². The molecule has 0 aromatic heterocycles. The number of benzene rings is 4. The van der Waals surface area contributed by atoms with Gasteiger partial charge < -0.3 is 9.47 Å². The van der Waals surface area contributed by atoms with Crippen molar-refractivity contribution >= 4 is 45.9 Å². The maximum absolute atomic E-state index is 13.1. The number of ether oxygens (including phenoxy) is 2. The zero-order chi connectivity index (χ0) is 24.2. The average Bonchev–Trinajstić information content (AvgIpc) is 2.82. The van der Waals surface area contributed by atoms with Crippen LogP contribution in [0.15, 0.2) is 72.8 Å². The van der Waals surface area contributed by atoms with Gasteiger partial charge in [-0.15, -0.1) is 0 Å². The van der Waals surface area contributed by atoms with Crippen LogP contribution >= 0.6 is 23.2 Å². The van der Waals surface area contributed by atoms with E-state index < -0.39 is 11.9 Å². The monoisotopic (exact) mass is 492 g/mol. The lowest BCUT2D eigenvalue weighted by Gasteiger charge is -2.17. The van der Waals surface area contributed by atoms with Crippen LogP contribution < -0.4 is 0 Å². The minimum atomic E-state index is -0.509. The van der Waals surface area contributed by atoms with E-state index in [1.165, 1.54) is 0 Å². The molecule has 4 nitrogen and oxygen atoms in total. The highest BCUT2D eigenvalue weighted by Gasteiger charge is 2.24. The third-order valence-corrected chi connectivity index (χ3v) is 5.84. The summed E-state index contributed by atoms with van der Waals surface area (Å²) < 4.78 is 10.7. The molecule has 4 aromatic carbocycles. The molecule has 0 bridgehead atoms. The van der Waals surface area contributed by atoms with Crippen LogP contribution in [0.2, 0.25) is 10.0 Å². The number of hydrogen-bond donors (Lipinski definition) is 0. The summed E-state index contributed by atoms with van der Waals surface area (Å²) >= 11 is 12.5. The summed E-state index contributed by atoms with van der Waals surface area (Å²) in [5, 5.41) is 2.78. The Morgan fingerprint density at radius 1 is 0.676 bits per heavy atom. The summed E-state index contributed by atoms with van der Waals surface area (Å²) in [7, 11) is 0. The second kappa shape index (κ2) is 10.3. The van der Waals surface area contributed by atoms with Crippen LogP contribution in [0.1, 0.15) is 34.6 Å². The van der Waals surface area contributed by atoms with Crippen molar-refractivity contribution in [3.05, 3.63) is 94.0 Å². The quantitative estimate of drug-likeness (QED) is 0.257. The molecule has 4 rings (SSSR count). The predicted octanol–water partition coefficient (Wildman–Crippen LogP) is 7.83. The van der Waals surface area contributed by atoms with Gasteiger partial charge in [-0.1, -0.05) is 65.7 Å². The molecule has 0 aliphatic carbocycles. The molecule has 172 valence electrons. The molecule has 0 aliphatic rings. The normalized spacial score (nSPS) is 10.8. The van der Waals surface area contributed by atoms with E-state index in [1.807, 2.05) is 42.5 Å². The van der Waals surface area contributed by atoms with Gasteiger partial charge >= 0.3 is 11.9 Å². The van der Waals surface area contributed by atoms with Crippen LogP contribution in [0.25, 0.3) is 33.0 Å². The lowest BCUT2D eigenvalue weighted by atomic mass is 9.88. The van der Waals surface area contributed by atoms with Crippen molar-refractivity contribution in [3.63, 3.8) is 0 Å². The SMILES string of the molecule is CCOC(=O)c1cc(-c2cccc3ccccc23)c(C(=O)OCC)cc1-c1cc(Cl)cc(Cl)c1. The van der Waals surface area contributed by atoms with Crippen molar-refractivity contribution in [1.82, 2.24) is 0 Å². The maximum atomic E-state index is 13.1. The van der Waals surface area contributed by atoms with Gasteiger partial charge in [-0.3, -0.25) is 0 Å². The number of rotatable bonds is 6. The van der Waals surface area contributed by atoms with Gasteiger partial charge in [-0.25, -0.2) is 9.59 Å². The fourth-order valence-electron chi connectivity index (χ4n) is 3.99. The molecule has 0 heterocycles. The highest BCUT2D eigenvalue weighted by molar-refractivity contribution is 6.35. The lowest BCUT2D eigenvalue weighted by molar-refractivity contribution is 0.0513. The third-order valence-electron chi connectivity index (χ3n) is 5.40. The number of hydrogen-bond acceptors (Lipinski definition) is 4. The summed E-state index contributed by atoms with van der Waals surface area (Å²) in [6, 6.07) is 22.0. The average molecular weight is 493 g/mol. The molecule has 0 saturated carbocycles. The van der Waals surface area contributed by atoms with Gasteiger partial charge in [0.05, 0.1) is 24.3 Å². The summed E-state index contributed by atoms with van der Waals surface area (Å²) in [6.07, 6.45) is 0. The van der Waals surface area contributed by atoms with Crippen molar-refractivity contribution in [2.24, 2.45) is 0 Å². The van der Waals surface area contributed by atoms with Gasteiger partial charge in [0.15, 0.2) is 0 Å². The van der Waals surface area contributed by atoms with Crippen LogP contribution in [0.5, 0.6) is 0 Å². The standard InChI is InChI=1S/C28H22Cl2O4/c1-3-33-27(31)25-16-24(22-11-7-9-17-8-5-6-10-21(17)22)26(28(32)34-4-2)15-23(25)18-12-19(29)14-20(30)13-18/h5-16H,3-4H2,1-2H3. The highest BCUT2D eigenvalue weighted by Crippen LogP contribution is 2.38. The molecule has 0 aliphatic heterocycles. The third kappa shape index (κ3) is 4.79. The van der Waals surface area contributed by atoms with E-state index in [0.29, 0.717) is 37.9 Å². The van der Waals surface area contributed by atoms with Crippen LogP contribution in [-0.2, 0) is 9.47 Å². The largest absolute Gasteiger partial charge is 0.462 e. The van der Waals surface area contributed by atoms with E-state index in [0.717, 1.165) is 16.3 Å². The molecule has 6 heteroatoms. The molecule has 34 heavy (non-hydrogen) atoms. The van der Waals surface area contributed by atoms with Gasteiger partial charge in [-0.2, -0.15) is 0 Å². The number of carbonyl (C=O) groups is 2. The van der Waals surface area contributed by atoms with Crippen molar-refractivity contribution in [3.8, 4) is 22.3 Å². The van der Waals surface area contributed by atoms with Crippen molar-refractivity contribution in [2.75, 3.05) is 13.2 Å². The van der Waals surface area contributed by atoms with Crippen LogP contribution in [0.4, 0.5) is 0 Å². The molecule has 0 fully saturated rings. The Labute approximate surface area is 208 Å². The first-order chi connectivity index (χ1) is 16.4. The van der Waals surface area contributed by atoms with Gasteiger partial charge in [-0.05, 0) is 77.2 Å². The fourth-order valence-corrected chi connectivity index (χ4v) is 4.51. The molecule has 0 unspecified atom stereocenters. The van der Waals surface area contributed by atoms with E-state index in [1.54, 1.807) is 44.2 Å². The van der Waals surface area contributed by atoms with Crippen molar-refractivity contribution in [2.45, 2.75) is 13.8 Å². The Morgan fingerprint density at radius 3 is 1.88 bits per heavy atom. The molecule has 0 spiro atoms. The predicted molar refractivity (Wildman–Crippen MR) is 137 cm³/mol. The topological polar surface area (TPSA) is 52.6 Å². The second-order valence-electron chi connectivity index (χ2n) is 7.57. The van der Waals surface area contributed by atoms with Crippen LogP contribution in [0.3, 0.4) is 0 Å². The van der Waals surface area contributed by atoms with Gasteiger partial charge in [0.25, 0.3) is 0 Å². The molecule has 0 N–H and O–H groups in total. The van der Waals surface area contributed by atoms with E-state index >= 15 is 0 Å². The summed E-state index contributed by atoms with van der Waals surface area (Å²) in [6.45, 7) is 3.91. The smallest absolute Gasteiger partial charge is 0.338 e. The molecule has 0 saturated heterocycles. The molecule has 0 atom stereocenters. The number of esters is 2. The van der Waals surface area contributed by atoms with Crippen LogP contribution in [0, 0.1) is 0 Å². The molecule has 0 radical (unpaired) electrons. The summed E-state index contributed by atoms with van der Waals surface area (Å²) in [5.41, 5.74) is 3.09. The van der Waals surface area contributed by atoms with Gasteiger partial charge in [0.1, 0.15) is 0 Å². The Balaban J connectivity index is 2.07. The lowest BCUT2D eigenvalue weighted by Crippen LogP contribution is -2.12. The first-order valence-electron chi connectivity index (χ1n) is 10.9. The zero-order valence-corrected chi connectivity index (χ0v) is 20.2. The van der Waals surface area contributed by atoms with E-state index in [-0.39, 0.29) is 13.2 Å². The minimum absolute atomic E-state index is 0.206. The Morgan fingerprint density at radius 2 is 1.24 bits per heavy atom. The van der Waals surface area contributed by atoms with Crippen LogP contribution in [-0.4, -0.2) is 25.2 Å². The minimum Gasteiger partial charge on any atom is -0.462 e. The number of fused-ring (bicyclic) bond motifs is 1. The van der Waals surface area contributed by atoms with Gasteiger partial charge in [0, 0.05) is 10.0 Å². The van der Waals surface area contributed by atoms with Crippen molar-refractivity contribution in [1.29, 1.82) is 0 Å². The molecule has 0 amide bonds. The fraction of sp³-hybridized carbons (Fsp3) is 0.143. The molecule has 4 aromatic rings. The highest BCUT2D eigenvalue weighted by atomic mass is 35.5. The Hall–Kier alpha value is -3.34. The van der Waals surface area contributed by atoms with Gasteiger partial charge in [0.2, 0.25) is 0 Å². The first kappa shape index (κ1) is 23.8.